The quantitative estimate of drug-likeness (QED) is 0.636. The molecule has 0 spiro atoms. The third-order valence-electron chi connectivity index (χ3n) is 4.51. The topological polar surface area (TPSA) is 82.3 Å². The van der Waals surface area contributed by atoms with Gasteiger partial charge in [-0.15, -0.1) is 0 Å². The Balaban J connectivity index is 1.54. The molecule has 2 amide bonds. The zero-order chi connectivity index (χ0) is 20.8. The Labute approximate surface area is 168 Å². The van der Waals surface area contributed by atoms with Gasteiger partial charge in [-0.05, 0) is 47.7 Å². The number of para-hydroxylation sites is 1. The van der Waals surface area contributed by atoms with Crippen molar-refractivity contribution < 1.29 is 9.59 Å². The van der Waals surface area contributed by atoms with Crippen molar-refractivity contribution in [2.45, 2.75) is 6.42 Å². The highest BCUT2D eigenvalue weighted by Crippen LogP contribution is 2.10. The SMILES string of the molecule is CN(C)C(=O)c1ccc(/C=C/C(=O)NCCc2cc3ccccc3[nH]c2=O)cc1. The van der Waals surface area contributed by atoms with Gasteiger partial charge in [0, 0.05) is 43.4 Å². The van der Waals surface area contributed by atoms with Crippen LogP contribution in [0, 0.1) is 0 Å². The second kappa shape index (κ2) is 9.01. The lowest BCUT2D eigenvalue weighted by Crippen LogP contribution is -2.25. The lowest BCUT2D eigenvalue weighted by molar-refractivity contribution is -0.116. The van der Waals surface area contributed by atoms with Gasteiger partial charge in [0.25, 0.3) is 11.5 Å². The van der Waals surface area contributed by atoms with Crippen LogP contribution in [0.2, 0.25) is 0 Å². The van der Waals surface area contributed by atoms with E-state index in [1.165, 1.54) is 11.0 Å². The van der Waals surface area contributed by atoms with Crippen LogP contribution in [0.5, 0.6) is 0 Å². The summed E-state index contributed by atoms with van der Waals surface area (Å²) >= 11 is 0. The molecule has 6 nitrogen and oxygen atoms in total. The van der Waals surface area contributed by atoms with Crippen molar-refractivity contribution >= 4 is 28.8 Å². The van der Waals surface area contributed by atoms with Crippen molar-refractivity contribution in [3.05, 3.63) is 87.7 Å². The van der Waals surface area contributed by atoms with E-state index in [1.54, 1.807) is 44.4 Å². The first-order chi connectivity index (χ1) is 13.9. The number of hydrogen-bond acceptors (Lipinski definition) is 3. The fraction of sp³-hybridized carbons (Fsp3) is 0.174. The summed E-state index contributed by atoms with van der Waals surface area (Å²) in [6.45, 7) is 0.362. The number of benzene rings is 2. The average molecular weight is 389 g/mol. The molecule has 0 saturated carbocycles. The van der Waals surface area contributed by atoms with Crippen molar-refractivity contribution in [2.24, 2.45) is 0 Å². The minimum atomic E-state index is -0.240. The number of carbonyl (C=O) groups excluding carboxylic acids is 2. The van der Waals surface area contributed by atoms with E-state index in [4.69, 9.17) is 0 Å². The summed E-state index contributed by atoms with van der Waals surface area (Å²) in [5.74, 6) is -0.308. The first-order valence-corrected chi connectivity index (χ1v) is 9.32. The zero-order valence-electron chi connectivity index (χ0n) is 16.4. The molecule has 2 aromatic carbocycles. The maximum Gasteiger partial charge on any atom is 0.253 e. The molecule has 1 heterocycles. The van der Waals surface area contributed by atoms with Crippen LogP contribution in [0.4, 0.5) is 0 Å². The number of carbonyl (C=O) groups is 2. The summed E-state index contributed by atoms with van der Waals surface area (Å²) in [7, 11) is 3.40. The lowest BCUT2D eigenvalue weighted by Gasteiger charge is -2.09. The molecule has 2 N–H and O–H groups in total. The van der Waals surface area contributed by atoms with E-state index in [0.717, 1.165) is 16.5 Å². The van der Waals surface area contributed by atoms with E-state index >= 15 is 0 Å². The van der Waals surface area contributed by atoms with Crippen LogP contribution < -0.4 is 10.9 Å². The minimum absolute atomic E-state index is 0.0676. The van der Waals surface area contributed by atoms with Crippen LogP contribution >= 0.6 is 0 Å². The Bertz CT molecular complexity index is 1110. The van der Waals surface area contributed by atoms with Gasteiger partial charge in [-0.3, -0.25) is 14.4 Å². The number of amides is 2. The summed E-state index contributed by atoms with van der Waals surface area (Å²) in [6, 6.07) is 16.5. The molecule has 1 aromatic heterocycles. The highest BCUT2D eigenvalue weighted by atomic mass is 16.2. The highest BCUT2D eigenvalue weighted by Gasteiger charge is 2.07. The van der Waals surface area contributed by atoms with Crippen molar-refractivity contribution in [3.63, 3.8) is 0 Å². The molecule has 3 aromatic rings. The van der Waals surface area contributed by atoms with Gasteiger partial charge in [0.05, 0.1) is 0 Å². The normalized spacial score (nSPS) is 11.0. The van der Waals surface area contributed by atoms with Crippen LogP contribution in [0.1, 0.15) is 21.5 Å². The molecule has 0 bridgehead atoms. The molecule has 0 aliphatic carbocycles. The van der Waals surface area contributed by atoms with Crippen LogP contribution in [-0.4, -0.2) is 42.3 Å². The third-order valence-corrected chi connectivity index (χ3v) is 4.51. The van der Waals surface area contributed by atoms with Gasteiger partial charge < -0.3 is 15.2 Å². The monoisotopic (exact) mass is 389 g/mol. The molecule has 0 atom stereocenters. The van der Waals surface area contributed by atoms with Crippen molar-refractivity contribution in [3.8, 4) is 0 Å². The van der Waals surface area contributed by atoms with Crippen molar-refractivity contribution in [2.75, 3.05) is 20.6 Å². The van der Waals surface area contributed by atoms with Gasteiger partial charge in [-0.2, -0.15) is 0 Å². The van der Waals surface area contributed by atoms with E-state index < -0.39 is 0 Å². The van der Waals surface area contributed by atoms with Crippen LogP contribution in [-0.2, 0) is 11.2 Å². The van der Waals surface area contributed by atoms with Crippen LogP contribution in [0.15, 0.2) is 65.5 Å². The second-order valence-corrected chi connectivity index (χ2v) is 6.91. The number of nitrogens with zero attached hydrogens (tertiary/aromatic N) is 1. The first-order valence-electron chi connectivity index (χ1n) is 9.32. The maximum absolute atomic E-state index is 12.1. The number of fused-ring (bicyclic) bond motifs is 1. The minimum Gasteiger partial charge on any atom is -0.352 e. The molecule has 148 valence electrons. The maximum atomic E-state index is 12.1. The molecular weight excluding hydrogens is 366 g/mol. The van der Waals surface area contributed by atoms with Gasteiger partial charge in [0.15, 0.2) is 0 Å². The number of hydrogen-bond donors (Lipinski definition) is 2. The summed E-state index contributed by atoms with van der Waals surface area (Å²) in [4.78, 5) is 40.4. The molecule has 0 aliphatic rings. The predicted octanol–water partition coefficient (Wildman–Crippen LogP) is 2.60. The molecule has 0 saturated heterocycles. The molecule has 0 aliphatic heterocycles. The molecule has 0 fully saturated rings. The van der Waals surface area contributed by atoms with Crippen LogP contribution in [0.3, 0.4) is 0 Å². The van der Waals surface area contributed by atoms with Gasteiger partial charge in [0.1, 0.15) is 0 Å². The molecular formula is C23H23N3O3. The Morgan fingerprint density at radius 1 is 1.07 bits per heavy atom. The number of aromatic amines is 1. The number of rotatable bonds is 6. The Hall–Kier alpha value is -3.67. The van der Waals surface area contributed by atoms with Gasteiger partial charge in [0.2, 0.25) is 5.91 Å². The largest absolute Gasteiger partial charge is 0.352 e. The van der Waals surface area contributed by atoms with Crippen molar-refractivity contribution in [1.29, 1.82) is 0 Å². The van der Waals surface area contributed by atoms with Crippen molar-refractivity contribution in [1.82, 2.24) is 15.2 Å². The first kappa shape index (κ1) is 20.1. The number of H-pyrrole nitrogens is 1. The zero-order valence-corrected chi connectivity index (χ0v) is 16.4. The van der Waals surface area contributed by atoms with E-state index in [2.05, 4.69) is 10.3 Å². The number of pyridine rings is 1. The van der Waals surface area contributed by atoms with E-state index in [0.29, 0.717) is 24.1 Å². The summed E-state index contributed by atoms with van der Waals surface area (Å²) in [5.41, 5.74) is 2.71. The number of aromatic nitrogens is 1. The van der Waals surface area contributed by atoms with Crippen LogP contribution in [0.25, 0.3) is 17.0 Å². The Morgan fingerprint density at radius 3 is 2.52 bits per heavy atom. The fourth-order valence-electron chi connectivity index (χ4n) is 2.92. The number of nitrogens with one attached hydrogen (secondary N) is 2. The molecule has 29 heavy (non-hydrogen) atoms. The highest BCUT2D eigenvalue weighted by molar-refractivity contribution is 5.94. The third kappa shape index (κ3) is 5.19. The molecule has 0 radical (unpaired) electrons. The molecule has 0 unspecified atom stereocenters. The molecule has 6 heteroatoms. The van der Waals surface area contributed by atoms with Gasteiger partial charge in [-0.25, -0.2) is 0 Å². The Kier molecular flexibility index (Phi) is 6.24. The Morgan fingerprint density at radius 2 is 1.79 bits per heavy atom. The van der Waals surface area contributed by atoms with Gasteiger partial charge >= 0.3 is 0 Å². The second-order valence-electron chi connectivity index (χ2n) is 6.91. The van der Waals surface area contributed by atoms with E-state index in [9.17, 15) is 14.4 Å². The lowest BCUT2D eigenvalue weighted by atomic mass is 10.1. The standard InChI is InChI=1S/C23H23N3O3/c1-26(2)23(29)17-10-7-16(8-11-17)9-12-21(27)24-14-13-19-15-18-5-3-4-6-20(18)25-22(19)28/h3-12,15H,13-14H2,1-2H3,(H,24,27)(H,25,28)/b12-9+. The smallest absolute Gasteiger partial charge is 0.253 e. The van der Waals surface area contributed by atoms with E-state index in [-0.39, 0.29) is 17.4 Å². The summed E-state index contributed by atoms with van der Waals surface area (Å²) in [6.07, 6.45) is 3.57. The summed E-state index contributed by atoms with van der Waals surface area (Å²) < 4.78 is 0. The van der Waals surface area contributed by atoms with E-state index in [1.807, 2.05) is 30.3 Å². The predicted molar refractivity (Wildman–Crippen MR) is 115 cm³/mol. The average Bonchev–Trinajstić information content (AvgIpc) is 2.72. The summed E-state index contributed by atoms with van der Waals surface area (Å²) in [5, 5.41) is 3.74. The van der Waals surface area contributed by atoms with Gasteiger partial charge in [-0.1, -0.05) is 30.3 Å². The molecule has 3 rings (SSSR count). The fourth-order valence-corrected chi connectivity index (χ4v) is 2.92.